The molecule has 140 valence electrons. The van der Waals surface area contributed by atoms with E-state index in [1.54, 1.807) is 0 Å². The second kappa shape index (κ2) is 6.56. The van der Waals surface area contributed by atoms with Crippen molar-refractivity contribution in [3.63, 3.8) is 0 Å². The summed E-state index contributed by atoms with van der Waals surface area (Å²) in [4.78, 5) is 13.2. The molecule has 6 rings (SSSR count). The highest BCUT2D eigenvalue weighted by Gasteiger charge is 2.54. The van der Waals surface area contributed by atoms with E-state index in [1.807, 2.05) is 24.3 Å². The van der Waals surface area contributed by atoms with Crippen molar-refractivity contribution in [3.05, 3.63) is 24.3 Å². The zero-order valence-electron chi connectivity index (χ0n) is 15.4. The van der Waals surface area contributed by atoms with E-state index in [9.17, 15) is 4.79 Å². The van der Waals surface area contributed by atoms with Crippen LogP contribution in [0.15, 0.2) is 24.3 Å². The molecular weight excluding hydrogens is 326 g/mol. The monoisotopic (exact) mass is 355 g/mol. The minimum Gasteiger partial charge on any atom is -0.491 e. The normalized spacial score (nSPS) is 37.7. The minimum absolute atomic E-state index is 0.108. The van der Waals surface area contributed by atoms with E-state index in [0.717, 1.165) is 67.9 Å². The second-order valence-corrected chi connectivity index (χ2v) is 9.13. The second-order valence-electron chi connectivity index (χ2n) is 9.13. The first-order chi connectivity index (χ1) is 12.7. The van der Waals surface area contributed by atoms with Gasteiger partial charge >= 0.3 is 0 Å². The van der Waals surface area contributed by atoms with Crippen LogP contribution in [-0.2, 0) is 9.53 Å². The highest BCUT2D eigenvalue weighted by Crippen LogP contribution is 2.60. The molecule has 1 amide bonds. The van der Waals surface area contributed by atoms with E-state index < -0.39 is 0 Å². The van der Waals surface area contributed by atoms with Gasteiger partial charge in [-0.3, -0.25) is 4.79 Å². The summed E-state index contributed by atoms with van der Waals surface area (Å²) in [7, 11) is 0. The molecule has 4 saturated carbocycles. The Bertz CT molecular complexity index is 644. The number of benzene rings is 1. The molecule has 4 aliphatic carbocycles. The lowest BCUT2D eigenvalue weighted by atomic mass is 9.49. The van der Waals surface area contributed by atoms with Crippen molar-refractivity contribution < 1.29 is 14.3 Å². The van der Waals surface area contributed by atoms with Crippen molar-refractivity contribution in [1.29, 1.82) is 0 Å². The van der Waals surface area contributed by atoms with Crippen LogP contribution in [0.25, 0.3) is 0 Å². The number of ether oxygens (including phenoxy) is 2. The van der Waals surface area contributed by atoms with Gasteiger partial charge in [0.2, 0.25) is 5.91 Å². The van der Waals surface area contributed by atoms with E-state index >= 15 is 0 Å². The quantitative estimate of drug-likeness (QED) is 0.852. The van der Waals surface area contributed by atoms with Crippen LogP contribution in [0.2, 0.25) is 0 Å². The highest BCUT2D eigenvalue weighted by molar-refractivity contribution is 5.95. The SMILES string of the molecule is O=C(Nc1cccc(OCC2CCCO2)c1)C12CC3CC(CC(C3)C1)C2. The molecule has 0 aromatic heterocycles. The van der Waals surface area contributed by atoms with Crippen LogP contribution < -0.4 is 10.1 Å². The van der Waals surface area contributed by atoms with Gasteiger partial charge in [-0.05, 0) is 81.3 Å². The number of amides is 1. The summed E-state index contributed by atoms with van der Waals surface area (Å²) in [6, 6.07) is 7.83. The number of rotatable bonds is 5. The molecular formula is C22H29NO3. The summed E-state index contributed by atoms with van der Waals surface area (Å²) in [5.41, 5.74) is 0.749. The highest BCUT2D eigenvalue weighted by atomic mass is 16.5. The average molecular weight is 355 g/mol. The molecule has 1 atom stereocenters. The first-order valence-electron chi connectivity index (χ1n) is 10.3. The number of hydrogen-bond acceptors (Lipinski definition) is 3. The van der Waals surface area contributed by atoms with Gasteiger partial charge in [0.15, 0.2) is 0 Å². The fourth-order valence-electron chi connectivity index (χ4n) is 6.28. The van der Waals surface area contributed by atoms with Crippen LogP contribution in [0.5, 0.6) is 5.75 Å². The number of carbonyl (C=O) groups excluding carboxylic acids is 1. The van der Waals surface area contributed by atoms with E-state index in [0.29, 0.717) is 6.61 Å². The maximum absolute atomic E-state index is 13.2. The summed E-state index contributed by atoms with van der Waals surface area (Å²) in [6.07, 6.45) is 9.77. The Balaban J connectivity index is 1.24. The summed E-state index contributed by atoms with van der Waals surface area (Å²) < 4.78 is 11.5. The molecule has 4 bridgehead atoms. The number of anilines is 1. The maximum Gasteiger partial charge on any atom is 0.230 e. The number of hydrogen-bond donors (Lipinski definition) is 1. The molecule has 1 aromatic rings. The predicted molar refractivity (Wildman–Crippen MR) is 100 cm³/mol. The third-order valence-electron chi connectivity index (χ3n) is 7.07. The van der Waals surface area contributed by atoms with Gasteiger partial charge in [0.25, 0.3) is 0 Å². The molecule has 1 N–H and O–H groups in total. The lowest BCUT2D eigenvalue weighted by Gasteiger charge is -2.55. The van der Waals surface area contributed by atoms with Crippen molar-refractivity contribution in [2.75, 3.05) is 18.5 Å². The molecule has 0 spiro atoms. The van der Waals surface area contributed by atoms with Crippen molar-refractivity contribution in [1.82, 2.24) is 0 Å². The molecule has 1 heterocycles. The zero-order chi connectivity index (χ0) is 17.6. The van der Waals surface area contributed by atoms with Crippen molar-refractivity contribution in [2.45, 2.75) is 57.5 Å². The van der Waals surface area contributed by atoms with Crippen LogP contribution in [0.4, 0.5) is 5.69 Å². The maximum atomic E-state index is 13.2. The summed E-state index contributed by atoms with van der Waals surface area (Å²) in [6.45, 7) is 1.43. The Morgan fingerprint density at radius 3 is 2.54 bits per heavy atom. The minimum atomic E-state index is -0.108. The van der Waals surface area contributed by atoms with Gasteiger partial charge in [0, 0.05) is 18.4 Å². The summed E-state index contributed by atoms with van der Waals surface area (Å²) in [5, 5.41) is 3.22. The first-order valence-corrected chi connectivity index (χ1v) is 10.3. The van der Waals surface area contributed by atoms with Crippen LogP contribution in [0.3, 0.4) is 0 Å². The topological polar surface area (TPSA) is 47.6 Å². The molecule has 1 aliphatic heterocycles. The Morgan fingerprint density at radius 2 is 1.88 bits per heavy atom. The largest absolute Gasteiger partial charge is 0.491 e. The first kappa shape index (κ1) is 16.6. The fourth-order valence-corrected chi connectivity index (χ4v) is 6.28. The number of carbonyl (C=O) groups is 1. The molecule has 1 saturated heterocycles. The van der Waals surface area contributed by atoms with Crippen LogP contribution >= 0.6 is 0 Å². The Labute approximate surface area is 155 Å². The van der Waals surface area contributed by atoms with Crippen molar-refractivity contribution in [3.8, 4) is 5.75 Å². The van der Waals surface area contributed by atoms with Gasteiger partial charge in [-0.1, -0.05) is 6.07 Å². The smallest absolute Gasteiger partial charge is 0.230 e. The molecule has 5 fully saturated rings. The zero-order valence-corrected chi connectivity index (χ0v) is 15.4. The van der Waals surface area contributed by atoms with Gasteiger partial charge < -0.3 is 14.8 Å². The molecule has 4 heteroatoms. The van der Waals surface area contributed by atoms with Crippen molar-refractivity contribution >= 4 is 11.6 Å². The standard InChI is InChI=1S/C22H29NO3/c24-21(22-11-15-7-16(12-22)9-17(8-15)13-22)23-18-3-1-4-19(10-18)26-14-20-5-2-6-25-20/h1,3-4,10,15-17,20H,2,5-9,11-14H2,(H,23,24). The van der Waals surface area contributed by atoms with Gasteiger partial charge in [0.1, 0.15) is 12.4 Å². The van der Waals surface area contributed by atoms with Gasteiger partial charge in [-0.25, -0.2) is 0 Å². The predicted octanol–water partition coefficient (Wildman–Crippen LogP) is 4.40. The number of nitrogens with one attached hydrogen (secondary N) is 1. The Morgan fingerprint density at radius 1 is 1.15 bits per heavy atom. The van der Waals surface area contributed by atoms with Crippen LogP contribution in [0, 0.1) is 23.2 Å². The van der Waals surface area contributed by atoms with Crippen molar-refractivity contribution in [2.24, 2.45) is 23.2 Å². The lowest BCUT2D eigenvalue weighted by Crippen LogP contribution is -2.51. The van der Waals surface area contributed by atoms with Gasteiger partial charge in [-0.2, -0.15) is 0 Å². The Kier molecular flexibility index (Phi) is 4.19. The molecule has 4 nitrogen and oxygen atoms in total. The third kappa shape index (κ3) is 3.13. The summed E-state index contributed by atoms with van der Waals surface area (Å²) >= 11 is 0. The van der Waals surface area contributed by atoms with Crippen LogP contribution in [0.1, 0.15) is 51.4 Å². The molecule has 0 radical (unpaired) electrons. The molecule has 1 unspecified atom stereocenters. The average Bonchev–Trinajstić information content (AvgIpc) is 3.13. The lowest BCUT2D eigenvalue weighted by molar-refractivity contribution is -0.140. The van der Waals surface area contributed by atoms with E-state index in [1.165, 1.54) is 19.3 Å². The Hall–Kier alpha value is -1.55. The van der Waals surface area contributed by atoms with Crippen LogP contribution in [-0.4, -0.2) is 25.2 Å². The van der Waals surface area contributed by atoms with Gasteiger partial charge in [0.05, 0.1) is 11.5 Å². The third-order valence-corrected chi connectivity index (χ3v) is 7.07. The molecule has 1 aromatic carbocycles. The van der Waals surface area contributed by atoms with E-state index in [-0.39, 0.29) is 17.4 Å². The van der Waals surface area contributed by atoms with Gasteiger partial charge in [-0.15, -0.1) is 0 Å². The van der Waals surface area contributed by atoms with E-state index in [2.05, 4.69) is 5.32 Å². The summed E-state index contributed by atoms with van der Waals surface area (Å²) in [5.74, 6) is 3.41. The molecule has 26 heavy (non-hydrogen) atoms. The van der Waals surface area contributed by atoms with E-state index in [4.69, 9.17) is 9.47 Å². The fraction of sp³-hybridized carbons (Fsp3) is 0.682. The molecule has 5 aliphatic rings.